The molecule has 0 aliphatic carbocycles. The van der Waals surface area contributed by atoms with E-state index in [9.17, 15) is 9.18 Å². The Labute approximate surface area is 151 Å². The zero-order valence-corrected chi connectivity index (χ0v) is 15.5. The summed E-state index contributed by atoms with van der Waals surface area (Å²) >= 11 is 1.38. The summed E-state index contributed by atoms with van der Waals surface area (Å²) in [7, 11) is 0. The maximum Gasteiger partial charge on any atom is 0.279 e. The number of carbonyl (C=O) groups is 1. The minimum Gasteiger partial charge on any atom is -0.428 e. The van der Waals surface area contributed by atoms with Gasteiger partial charge in [-0.05, 0) is 36.2 Å². The first-order valence-electron chi connectivity index (χ1n) is 8.49. The number of nitrogens with zero attached hydrogens (tertiary/aromatic N) is 1. The SMILES string of the molecule is CC.CCC(=O)CCc1ccc(Oc2nc3ccccc3s2)c(F)c1. The van der Waals surface area contributed by atoms with Crippen molar-refractivity contribution in [3.63, 3.8) is 0 Å². The molecule has 0 bridgehead atoms. The Morgan fingerprint density at radius 2 is 1.96 bits per heavy atom. The van der Waals surface area contributed by atoms with E-state index in [0.717, 1.165) is 15.8 Å². The molecule has 0 aliphatic heterocycles. The Morgan fingerprint density at radius 1 is 1.20 bits per heavy atom. The number of aryl methyl sites for hydroxylation is 1. The lowest BCUT2D eigenvalue weighted by atomic mass is 10.1. The molecular weight excluding hydrogens is 337 g/mol. The van der Waals surface area contributed by atoms with Crippen molar-refractivity contribution in [1.82, 2.24) is 4.98 Å². The number of thiazole rings is 1. The Morgan fingerprint density at radius 3 is 2.64 bits per heavy atom. The third kappa shape index (κ3) is 5.10. The van der Waals surface area contributed by atoms with Crippen LogP contribution in [0, 0.1) is 5.82 Å². The topological polar surface area (TPSA) is 39.2 Å². The second kappa shape index (κ2) is 9.28. The van der Waals surface area contributed by atoms with E-state index >= 15 is 0 Å². The molecule has 0 radical (unpaired) electrons. The summed E-state index contributed by atoms with van der Waals surface area (Å²) in [4.78, 5) is 15.7. The fourth-order valence-electron chi connectivity index (χ4n) is 2.23. The van der Waals surface area contributed by atoms with Crippen LogP contribution < -0.4 is 4.74 Å². The molecule has 3 nitrogen and oxygen atoms in total. The van der Waals surface area contributed by atoms with Crippen molar-refractivity contribution in [3.8, 4) is 10.9 Å². The highest BCUT2D eigenvalue weighted by molar-refractivity contribution is 7.20. The highest BCUT2D eigenvalue weighted by Gasteiger charge is 2.10. The van der Waals surface area contributed by atoms with Crippen molar-refractivity contribution in [1.29, 1.82) is 0 Å². The summed E-state index contributed by atoms with van der Waals surface area (Å²) in [5.41, 5.74) is 1.63. The van der Waals surface area contributed by atoms with Crippen molar-refractivity contribution in [2.24, 2.45) is 0 Å². The van der Waals surface area contributed by atoms with E-state index in [2.05, 4.69) is 4.98 Å². The van der Waals surface area contributed by atoms with E-state index in [1.54, 1.807) is 12.1 Å². The Hall–Kier alpha value is -2.27. The van der Waals surface area contributed by atoms with E-state index in [-0.39, 0.29) is 11.5 Å². The van der Waals surface area contributed by atoms with Crippen molar-refractivity contribution in [2.75, 3.05) is 0 Å². The maximum absolute atomic E-state index is 14.2. The number of aromatic nitrogens is 1. The summed E-state index contributed by atoms with van der Waals surface area (Å²) in [6.07, 6.45) is 1.50. The lowest BCUT2D eigenvalue weighted by Crippen LogP contribution is -1.98. The van der Waals surface area contributed by atoms with E-state index in [1.807, 2.05) is 45.0 Å². The number of para-hydroxylation sites is 1. The summed E-state index contributed by atoms with van der Waals surface area (Å²) in [6, 6.07) is 12.5. The fraction of sp³-hybridized carbons (Fsp3) is 0.300. The van der Waals surface area contributed by atoms with Gasteiger partial charge in [0.1, 0.15) is 5.78 Å². The van der Waals surface area contributed by atoms with Gasteiger partial charge < -0.3 is 4.74 Å². The normalized spacial score (nSPS) is 10.2. The molecule has 0 amide bonds. The lowest BCUT2D eigenvalue weighted by molar-refractivity contribution is -0.118. The molecule has 1 aromatic heterocycles. The summed E-state index contributed by atoms with van der Waals surface area (Å²) in [6.45, 7) is 5.83. The summed E-state index contributed by atoms with van der Waals surface area (Å²) < 4.78 is 20.7. The number of fused-ring (bicyclic) bond motifs is 1. The number of hydrogen-bond acceptors (Lipinski definition) is 4. The molecule has 2 aromatic carbocycles. The molecule has 0 unspecified atom stereocenters. The minimum absolute atomic E-state index is 0.148. The highest BCUT2D eigenvalue weighted by Crippen LogP contribution is 2.32. The van der Waals surface area contributed by atoms with Crippen molar-refractivity contribution >= 4 is 27.3 Å². The molecule has 0 atom stereocenters. The molecule has 0 N–H and O–H groups in total. The minimum atomic E-state index is -0.439. The van der Waals surface area contributed by atoms with Crippen LogP contribution in [-0.2, 0) is 11.2 Å². The molecule has 25 heavy (non-hydrogen) atoms. The monoisotopic (exact) mass is 359 g/mol. The molecule has 3 rings (SSSR count). The second-order valence-corrected chi connectivity index (χ2v) is 6.20. The molecule has 0 aliphatic rings. The first kappa shape index (κ1) is 19.1. The van der Waals surface area contributed by atoms with Crippen LogP contribution in [0.15, 0.2) is 42.5 Å². The molecule has 0 saturated heterocycles. The molecule has 1 heterocycles. The lowest BCUT2D eigenvalue weighted by Gasteiger charge is -2.05. The number of ketones is 1. The van der Waals surface area contributed by atoms with Crippen molar-refractivity contribution < 1.29 is 13.9 Å². The first-order chi connectivity index (χ1) is 12.2. The number of rotatable bonds is 6. The largest absolute Gasteiger partial charge is 0.428 e. The van der Waals surface area contributed by atoms with Crippen LogP contribution in [0.2, 0.25) is 0 Å². The smallest absolute Gasteiger partial charge is 0.279 e. The van der Waals surface area contributed by atoms with Crippen molar-refractivity contribution in [3.05, 3.63) is 53.8 Å². The van der Waals surface area contributed by atoms with E-state index < -0.39 is 5.82 Å². The molecule has 0 saturated carbocycles. The van der Waals surface area contributed by atoms with Gasteiger partial charge in [0, 0.05) is 12.8 Å². The van der Waals surface area contributed by atoms with Gasteiger partial charge in [-0.15, -0.1) is 0 Å². The summed E-state index contributed by atoms with van der Waals surface area (Å²) in [5.74, 6) is -0.111. The third-order valence-electron chi connectivity index (χ3n) is 3.55. The van der Waals surface area contributed by atoms with Gasteiger partial charge >= 0.3 is 0 Å². The van der Waals surface area contributed by atoms with Crippen LogP contribution in [0.5, 0.6) is 10.9 Å². The van der Waals surface area contributed by atoms with Gasteiger partial charge in [-0.1, -0.05) is 50.3 Å². The molecular formula is C20H22FNO2S. The van der Waals surface area contributed by atoms with Crippen LogP contribution >= 0.6 is 11.3 Å². The number of halogens is 1. The van der Waals surface area contributed by atoms with Crippen LogP contribution in [0.25, 0.3) is 10.2 Å². The molecule has 5 heteroatoms. The van der Waals surface area contributed by atoms with Gasteiger partial charge in [-0.3, -0.25) is 4.79 Å². The summed E-state index contributed by atoms with van der Waals surface area (Å²) in [5, 5.41) is 0.416. The molecule has 0 spiro atoms. The van der Waals surface area contributed by atoms with Gasteiger partial charge in [0.2, 0.25) is 0 Å². The van der Waals surface area contributed by atoms with Crippen LogP contribution in [-0.4, -0.2) is 10.8 Å². The Kier molecular flexibility index (Phi) is 7.07. The van der Waals surface area contributed by atoms with E-state index in [4.69, 9.17) is 4.74 Å². The predicted octanol–water partition coefficient (Wildman–Crippen LogP) is 6.17. The van der Waals surface area contributed by atoms with Gasteiger partial charge in [0.15, 0.2) is 11.6 Å². The van der Waals surface area contributed by atoms with Crippen LogP contribution in [0.4, 0.5) is 4.39 Å². The quantitative estimate of drug-likeness (QED) is 0.528. The molecule has 132 valence electrons. The van der Waals surface area contributed by atoms with Crippen molar-refractivity contribution in [2.45, 2.75) is 40.0 Å². The molecule has 3 aromatic rings. The number of ether oxygens (including phenoxy) is 1. The number of carbonyl (C=O) groups excluding carboxylic acids is 1. The second-order valence-electron chi connectivity index (χ2n) is 5.21. The zero-order valence-electron chi connectivity index (χ0n) is 14.7. The number of hydrogen-bond donors (Lipinski definition) is 0. The maximum atomic E-state index is 14.2. The number of benzene rings is 2. The zero-order chi connectivity index (χ0) is 18.2. The number of Topliss-reactive ketones (excluding diaryl/α,β-unsaturated/α-hetero) is 1. The molecule has 0 fully saturated rings. The van der Waals surface area contributed by atoms with E-state index in [1.165, 1.54) is 17.4 Å². The average molecular weight is 359 g/mol. The van der Waals surface area contributed by atoms with Gasteiger partial charge in [0.25, 0.3) is 5.19 Å². The standard InChI is InChI=1S/C18H16FNO2S.C2H6/c1-2-13(21)9-7-12-8-10-16(14(19)11-12)22-18-20-15-5-3-4-6-17(15)23-18;1-2/h3-6,8,10-11H,2,7,9H2,1H3;1-2H3. The van der Waals surface area contributed by atoms with Crippen LogP contribution in [0.1, 0.15) is 39.2 Å². The third-order valence-corrected chi connectivity index (χ3v) is 4.47. The van der Waals surface area contributed by atoms with Gasteiger partial charge in [0.05, 0.1) is 10.2 Å². The Balaban J connectivity index is 0.00000109. The van der Waals surface area contributed by atoms with Gasteiger partial charge in [-0.25, -0.2) is 9.37 Å². The van der Waals surface area contributed by atoms with E-state index in [0.29, 0.717) is 24.5 Å². The van der Waals surface area contributed by atoms with Gasteiger partial charge in [-0.2, -0.15) is 0 Å². The fourth-order valence-corrected chi connectivity index (χ4v) is 3.06. The Bertz CT molecular complexity index is 812. The van der Waals surface area contributed by atoms with Crippen LogP contribution in [0.3, 0.4) is 0 Å². The first-order valence-corrected chi connectivity index (χ1v) is 9.31. The predicted molar refractivity (Wildman–Crippen MR) is 101 cm³/mol. The average Bonchev–Trinajstić information content (AvgIpc) is 3.05. The highest BCUT2D eigenvalue weighted by atomic mass is 32.1.